The number of amides is 3. The van der Waals surface area contributed by atoms with Crippen LogP contribution in [0.2, 0.25) is 0 Å². The van der Waals surface area contributed by atoms with Crippen molar-refractivity contribution in [1.82, 2.24) is 24.0 Å². The highest BCUT2D eigenvalue weighted by atomic mass is 79.9. The summed E-state index contributed by atoms with van der Waals surface area (Å²) < 4.78 is 4.29. The first-order valence-corrected chi connectivity index (χ1v) is 7.44. The number of imidazole rings is 1. The highest BCUT2D eigenvalue weighted by Crippen LogP contribution is 2.17. The van der Waals surface area contributed by atoms with Crippen molar-refractivity contribution in [3.63, 3.8) is 0 Å². The SMILES string of the molecule is Cn1c(=O)c2nc(Br)n(CCCC(=O)NC(N)=O)c2n(C)c1=O. The molecule has 2 aromatic heterocycles. The summed E-state index contributed by atoms with van der Waals surface area (Å²) in [7, 11) is 2.92. The fourth-order valence-corrected chi connectivity index (χ4v) is 2.78. The first kappa shape index (κ1) is 16.9. The molecule has 2 heterocycles. The number of aromatic nitrogens is 4. The molecule has 11 heteroatoms. The molecule has 0 aliphatic heterocycles. The topological polar surface area (TPSA) is 134 Å². The van der Waals surface area contributed by atoms with Crippen LogP contribution >= 0.6 is 15.9 Å². The Labute approximate surface area is 138 Å². The van der Waals surface area contributed by atoms with E-state index in [1.54, 1.807) is 4.57 Å². The van der Waals surface area contributed by atoms with Crippen LogP contribution in [0.4, 0.5) is 4.79 Å². The molecule has 2 aromatic rings. The predicted octanol–water partition coefficient (Wildman–Crippen LogP) is -0.829. The van der Waals surface area contributed by atoms with Crippen molar-refractivity contribution < 1.29 is 9.59 Å². The fraction of sp³-hybridized carbons (Fsp3) is 0.417. The third-order valence-corrected chi connectivity index (χ3v) is 3.95. The summed E-state index contributed by atoms with van der Waals surface area (Å²) in [5.41, 5.74) is 4.41. The summed E-state index contributed by atoms with van der Waals surface area (Å²) in [5, 5.41) is 1.97. The molecule has 0 spiro atoms. The molecule has 23 heavy (non-hydrogen) atoms. The second kappa shape index (κ2) is 6.36. The number of halogens is 1. The summed E-state index contributed by atoms with van der Waals surface area (Å²) in [6.45, 7) is 0.323. The lowest BCUT2D eigenvalue weighted by molar-refractivity contribution is -0.120. The zero-order valence-electron chi connectivity index (χ0n) is 12.5. The number of urea groups is 1. The van der Waals surface area contributed by atoms with Crippen LogP contribution in [0.3, 0.4) is 0 Å². The molecule has 0 unspecified atom stereocenters. The van der Waals surface area contributed by atoms with E-state index < -0.39 is 23.2 Å². The van der Waals surface area contributed by atoms with Crippen LogP contribution in [0.25, 0.3) is 11.2 Å². The van der Waals surface area contributed by atoms with Crippen molar-refractivity contribution in [3.05, 3.63) is 25.6 Å². The highest BCUT2D eigenvalue weighted by Gasteiger charge is 2.17. The number of imide groups is 1. The predicted molar refractivity (Wildman–Crippen MR) is 84.9 cm³/mol. The molecule has 0 atom stereocenters. The van der Waals surface area contributed by atoms with E-state index in [9.17, 15) is 19.2 Å². The first-order chi connectivity index (χ1) is 10.7. The summed E-state index contributed by atoms with van der Waals surface area (Å²) in [4.78, 5) is 50.2. The molecule has 0 aliphatic carbocycles. The molecule has 2 rings (SSSR count). The smallest absolute Gasteiger partial charge is 0.332 e. The lowest BCUT2D eigenvalue weighted by atomic mass is 10.3. The average molecular weight is 387 g/mol. The van der Waals surface area contributed by atoms with Gasteiger partial charge in [-0.2, -0.15) is 0 Å². The Morgan fingerprint density at radius 2 is 1.91 bits per heavy atom. The van der Waals surface area contributed by atoms with Crippen LogP contribution < -0.4 is 22.3 Å². The third-order valence-electron chi connectivity index (χ3n) is 3.34. The molecule has 0 aliphatic rings. The molecular weight excluding hydrogens is 372 g/mol. The quantitative estimate of drug-likeness (QED) is 0.661. The molecule has 3 amide bonds. The van der Waals surface area contributed by atoms with Crippen molar-refractivity contribution >= 4 is 39.0 Å². The monoisotopic (exact) mass is 386 g/mol. The maximum atomic E-state index is 12.1. The minimum atomic E-state index is -0.907. The Balaban J connectivity index is 2.34. The van der Waals surface area contributed by atoms with Crippen LogP contribution in [0.5, 0.6) is 0 Å². The van der Waals surface area contributed by atoms with Gasteiger partial charge in [0.05, 0.1) is 0 Å². The van der Waals surface area contributed by atoms with Gasteiger partial charge in [-0.3, -0.25) is 24.0 Å². The van der Waals surface area contributed by atoms with Crippen molar-refractivity contribution in [1.29, 1.82) is 0 Å². The van der Waals surface area contributed by atoms with Gasteiger partial charge in [0.25, 0.3) is 5.56 Å². The number of primary amides is 1. The van der Waals surface area contributed by atoms with Gasteiger partial charge in [-0.15, -0.1) is 0 Å². The van der Waals surface area contributed by atoms with E-state index in [-0.39, 0.29) is 11.9 Å². The van der Waals surface area contributed by atoms with E-state index in [0.717, 1.165) is 4.57 Å². The molecular formula is C12H15BrN6O4. The van der Waals surface area contributed by atoms with Gasteiger partial charge in [0, 0.05) is 27.1 Å². The lowest BCUT2D eigenvalue weighted by Crippen LogP contribution is -2.37. The number of carbonyl (C=O) groups excluding carboxylic acids is 2. The Morgan fingerprint density at radius 1 is 1.26 bits per heavy atom. The molecule has 3 N–H and O–H groups in total. The standard InChI is InChI=1S/C12H15BrN6O4/c1-17-8-7(9(21)18(2)12(17)23)16-10(13)19(8)5-3-4-6(20)15-11(14)22/h3-5H2,1-2H3,(H3,14,15,20,22). The van der Waals surface area contributed by atoms with Gasteiger partial charge >= 0.3 is 11.7 Å². The lowest BCUT2D eigenvalue weighted by Gasteiger charge is -2.09. The Kier molecular flexibility index (Phi) is 4.68. The van der Waals surface area contributed by atoms with E-state index in [0.29, 0.717) is 23.3 Å². The van der Waals surface area contributed by atoms with Gasteiger partial charge in [-0.1, -0.05) is 0 Å². The van der Waals surface area contributed by atoms with Gasteiger partial charge in [-0.05, 0) is 22.4 Å². The molecule has 0 bridgehead atoms. The van der Waals surface area contributed by atoms with Crippen molar-refractivity contribution in [2.24, 2.45) is 19.8 Å². The maximum Gasteiger partial charge on any atom is 0.332 e. The second-order valence-corrected chi connectivity index (χ2v) is 5.64. The van der Waals surface area contributed by atoms with Crippen molar-refractivity contribution in [2.75, 3.05) is 0 Å². The number of nitrogens with two attached hydrogens (primary N) is 1. The van der Waals surface area contributed by atoms with E-state index in [1.165, 1.54) is 18.7 Å². The zero-order valence-corrected chi connectivity index (χ0v) is 14.1. The zero-order chi connectivity index (χ0) is 17.3. The molecule has 0 saturated carbocycles. The van der Waals surface area contributed by atoms with E-state index in [2.05, 4.69) is 20.9 Å². The normalized spacial score (nSPS) is 10.9. The minimum absolute atomic E-state index is 0.0633. The van der Waals surface area contributed by atoms with Gasteiger partial charge < -0.3 is 10.3 Å². The number of nitrogens with zero attached hydrogens (tertiary/aromatic N) is 4. The number of nitrogens with one attached hydrogen (secondary N) is 1. The maximum absolute atomic E-state index is 12.1. The van der Waals surface area contributed by atoms with Crippen LogP contribution in [0, 0.1) is 0 Å². The van der Waals surface area contributed by atoms with Crippen LogP contribution in [-0.4, -0.2) is 30.6 Å². The number of aryl methyl sites for hydroxylation is 2. The van der Waals surface area contributed by atoms with E-state index in [4.69, 9.17) is 5.73 Å². The van der Waals surface area contributed by atoms with Crippen LogP contribution in [-0.2, 0) is 25.4 Å². The van der Waals surface area contributed by atoms with E-state index >= 15 is 0 Å². The van der Waals surface area contributed by atoms with Gasteiger partial charge in [0.15, 0.2) is 15.9 Å². The highest BCUT2D eigenvalue weighted by molar-refractivity contribution is 9.10. The van der Waals surface area contributed by atoms with Crippen LogP contribution in [0.1, 0.15) is 12.8 Å². The van der Waals surface area contributed by atoms with Gasteiger partial charge in [0.2, 0.25) is 5.91 Å². The summed E-state index contributed by atoms with van der Waals surface area (Å²) >= 11 is 3.25. The number of fused-ring (bicyclic) bond motifs is 1. The van der Waals surface area contributed by atoms with Gasteiger partial charge in [0.1, 0.15) is 0 Å². The average Bonchev–Trinajstić information content (AvgIpc) is 2.79. The number of carbonyl (C=O) groups is 2. The number of hydrogen-bond donors (Lipinski definition) is 2. The summed E-state index contributed by atoms with van der Waals surface area (Å²) in [6, 6.07) is -0.907. The first-order valence-electron chi connectivity index (χ1n) is 6.65. The summed E-state index contributed by atoms with van der Waals surface area (Å²) in [6.07, 6.45) is 0.431. The fourth-order valence-electron chi connectivity index (χ4n) is 2.26. The molecule has 124 valence electrons. The second-order valence-electron chi connectivity index (χ2n) is 4.93. The Morgan fingerprint density at radius 3 is 2.52 bits per heavy atom. The van der Waals surface area contributed by atoms with E-state index in [1.807, 2.05) is 5.32 Å². The van der Waals surface area contributed by atoms with Crippen molar-refractivity contribution in [2.45, 2.75) is 19.4 Å². The Bertz CT molecular complexity index is 909. The third kappa shape index (κ3) is 3.18. The minimum Gasteiger partial charge on any atom is -0.351 e. The molecule has 0 saturated heterocycles. The van der Waals surface area contributed by atoms with Crippen LogP contribution in [0.15, 0.2) is 14.3 Å². The van der Waals surface area contributed by atoms with Crippen molar-refractivity contribution in [3.8, 4) is 0 Å². The number of hydrogen-bond acceptors (Lipinski definition) is 5. The Hall–Kier alpha value is -2.43. The molecule has 0 radical (unpaired) electrons. The van der Waals surface area contributed by atoms with Gasteiger partial charge in [-0.25, -0.2) is 14.6 Å². The largest absolute Gasteiger partial charge is 0.351 e. The summed E-state index contributed by atoms with van der Waals surface area (Å²) in [5.74, 6) is -0.497. The molecule has 0 aromatic carbocycles. The number of rotatable bonds is 4. The molecule has 10 nitrogen and oxygen atoms in total. The molecule has 0 fully saturated rings.